The zero-order valence-electron chi connectivity index (χ0n) is 10.7. The molecule has 0 saturated heterocycles. The van der Waals surface area contributed by atoms with Gasteiger partial charge in [-0.15, -0.1) is 0 Å². The van der Waals surface area contributed by atoms with Crippen LogP contribution in [0.4, 0.5) is 4.39 Å². The Morgan fingerprint density at radius 1 is 1.11 bits per heavy atom. The highest BCUT2D eigenvalue weighted by Crippen LogP contribution is 2.25. The molecule has 1 heterocycles. The highest BCUT2D eigenvalue weighted by Gasteiger charge is 2.18. The van der Waals surface area contributed by atoms with Gasteiger partial charge in [-0.3, -0.25) is 0 Å². The van der Waals surface area contributed by atoms with Gasteiger partial charge in [0.1, 0.15) is 5.82 Å². The first-order valence-electron chi connectivity index (χ1n) is 5.86. The summed E-state index contributed by atoms with van der Waals surface area (Å²) in [7, 11) is 1.81. The normalized spacial score (nSPS) is 12.4. The lowest BCUT2D eigenvalue weighted by molar-refractivity contribution is 0.573. The monoisotopic (exact) mass is 245 g/mol. The van der Waals surface area contributed by atoms with Crippen molar-refractivity contribution in [3.8, 4) is 0 Å². The molecular formula is C14H16FN3. The second-order valence-corrected chi connectivity index (χ2v) is 4.27. The first-order valence-corrected chi connectivity index (χ1v) is 5.86. The van der Waals surface area contributed by atoms with E-state index in [0.29, 0.717) is 5.56 Å². The fourth-order valence-electron chi connectivity index (χ4n) is 2.05. The smallest absolute Gasteiger partial charge is 0.128 e. The minimum atomic E-state index is -0.217. The molecule has 2 aromatic rings. The van der Waals surface area contributed by atoms with Crippen molar-refractivity contribution in [2.24, 2.45) is 0 Å². The van der Waals surface area contributed by atoms with E-state index in [0.717, 1.165) is 17.0 Å². The molecule has 0 radical (unpaired) electrons. The lowest BCUT2D eigenvalue weighted by Gasteiger charge is -2.19. The molecule has 0 spiro atoms. The molecule has 4 heteroatoms. The Labute approximate surface area is 106 Å². The van der Waals surface area contributed by atoms with Gasteiger partial charge in [0.25, 0.3) is 0 Å². The quantitative estimate of drug-likeness (QED) is 0.903. The van der Waals surface area contributed by atoms with Gasteiger partial charge in [0.2, 0.25) is 0 Å². The van der Waals surface area contributed by atoms with E-state index in [9.17, 15) is 4.39 Å². The van der Waals surface area contributed by atoms with Gasteiger partial charge in [-0.25, -0.2) is 4.39 Å². The molecule has 0 aliphatic carbocycles. The lowest BCUT2D eigenvalue weighted by Crippen LogP contribution is -2.20. The summed E-state index contributed by atoms with van der Waals surface area (Å²) in [5.41, 5.74) is 3.21. The van der Waals surface area contributed by atoms with Crippen LogP contribution in [0.5, 0.6) is 0 Å². The summed E-state index contributed by atoms with van der Waals surface area (Å²) in [6.45, 7) is 3.76. The van der Waals surface area contributed by atoms with Crippen LogP contribution in [0, 0.1) is 19.7 Å². The number of rotatable bonds is 3. The van der Waals surface area contributed by atoms with Crippen molar-refractivity contribution >= 4 is 0 Å². The lowest BCUT2D eigenvalue weighted by atomic mass is 9.97. The average Bonchev–Trinajstić information content (AvgIpc) is 2.36. The summed E-state index contributed by atoms with van der Waals surface area (Å²) in [6, 6.07) is 8.51. The molecule has 0 bridgehead atoms. The molecule has 3 nitrogen and oxygen atoms in total. The molecule has 1 atom stereocenters. The molecule has 18 heavy (non-hydrogen) atoms. The fourth-order valence-corrected chi connectivity index (χ4v) is 2.05. The Hall–Kier alpha value is -1.81. The van der Waals surface area contributed by atoms with Crippen LogP contribution in [0.15, 0.2) is 30.3 Å². The molecule has 2 rings (SSSR count). The number of hydrogen-bond donors (Lipinski definition) is 1. The number of aromatic nitrogens is 2. The van der Waals surface area contributed by atoms with Crippen LogP contribution in [-0.4, -0.2) is 17.2 Å². The zero-order valence-corrected chi connectivity index (χ0v) is 10.7. The number of benzene rings is 1. The maximum Gasteiger partial charge on any atom is 0.128 e. The van der Waals surface area contributed by atoms with E-state index in [1.54, 1.807) is 12.1 Å². The number of halogens is 1. The first kappa shape index (κ1) is 12.6. The molecular weight excluding hydrogens is 229 g/mol. The minimum absolute atomic E-state index is 0.208. The second kappa shape index (κ2) is 5.23. The zero-order chi connectivity index (χ0) is 13.1. The van der Waals surface area contributed by atoms with Crippen LogP contribution >= 0.6 is 0 Å². The van der Waals surface area contributed by atoms with Gasteiger partial charge in [-0.1, -0.05) is 18.2 Å². The van der Waals surface area contributed by atoms with Gasteiger partial charge in [0, 0.05) is 5.56 Å². The summed E-state index contributed by atoms with van der Waals surface area (Å²) in [6.07, 6.45) is 0. The third kappa shape index (κ3) is 2.38. The standard InChI is InChI=1S/C14H16FN3/c1-9-8-12(10(2)18-17-9)14(16-3)11-6-4-5-7-13(11)15/h4-8,14,16H,1-3H3. The molecule has 1 N–H and O–H groups in total. The van der Waals surface area contributed by atoms with Crippen LogP contribution in [0.3, 0.4) is 0 Å². The molecule has 1 unspecified atom stereocenters. The van der Waals surface area contributed by atoms with E-state index in [4.69, 9.17) is 0 Å². The van der Waals surface area contributed by atoms with Gasteiger partial charge in [0.15, 0.2) is 0 Å². The van der Waals surface area contributed by atoms with E-state index in [-0.39, 0.29) is 11.9 Å². The summed E-state index contributed by atoms with van der Waals surface area (Å²) in [5, 5.41) is 11.2. The average molecular weight is 245 g/mol. The van der Waals surface area contributed by atoms with Crippen LogP contribution in [0.25, 0.3) is 0 Å². The van der Waals surface area contributed by atoms with Crippen molar-refractivity contribution < 1.29 is 4.39 Å². The van der Waals surface area contributed by atoms with Crippen molar-refractivity contribution in [1.29, 1.82) is 0 Å². The van der Waals surface area contributed by atoms with Crippen LogP contribution < -0.4 is 5.32 Å². The molecule has 0 saturated carbocycles. The van der Waals surface area contributed by atoms with Crippen LogP contribution in [0.2, 0.25) is 0 Å². The van der Waals surface area contributed by atoms with Gasteiger partial charge in [-0.05, 0) is 38.6 Å². The van der Waals surface area contributed by atoms with Gasteiger partial charge < -0.3 is 5.32 Å². The summed E-state index contributed by atoms with van der Waals surface area (Å²) in [5.74, 6) is -0.217. The van der Waals surface area contributed by atoms with Crippen molar-refractivity contribution in [3.63, 3.8) is 0 Å². The molecule has 1 aromatic heterocycles. The second-order valence-electron chi connectivity index (χ2n) is 4.27. The van der Waals surface area contributed by atoms with Crippen LogP contribution in [-0.2, 0) is 0 Å². The highest BCUT2D eigenvalue weighted by molar-refractivity contribution is 5.34. The van der Waals surface area contributed by atoms with Crippen molar-refractivity contribution in [1.82, 2.24) is 15.5 Å². The third-order valence-corrected chi connectivity index (χ3v) is 2.96. The Bertz CT molecular complexity index is 554. The Kier molecular flexibility index (Phi) is 3.67. The maximum atomic E-state index is 13.9. The van der Waals surface area contributed by atoms with E-state index in [1.807, 2.05) is 33.0 Å². The van der Waals surface area contributed by atoms with E-state index >= 15 is 0 Å². The molecule has 1 aromatic carbocycles. The predicted octanol–water partition coefficient (Wildman–Crippen LogP) is 2.54. The first-order chi connectivity index (χ1) is 8.63. The summed E-state index contributed by atoms with van der Waals surface area (Å²) in [4.78, 5) is 0. The van der Waals surface area contributed by atoms with Gasteiger partial charge >= 0.3 is 0 Å². The van der Waals surface area contributed by atoms with Crippen molar-refractivity contribution in [3.05, 3.63) is 58.7 Å². The number of nitrogens with zero attached hydrogens (tertiary/aromatic N) is 2. The Morgan fingerprint density at radius 2 is 1.83 bits per heavy atom. The van der Waals surface area contributed by atoms with E-state index in [2.05, 4.69) is 15.5 Å². The SMILES string of the molecule is CNC(c1ccccc1F)c1cc(C)nnc1C. The third-order valence-electron chi connectivity index (χ3n) is 2.96. The fraction of sp³-hybridized carbons (Fsp3) is 0.286. The van der Waals surface area contributed by atoms with E-state index in [1.165, 1.54) is 6.07 Å². The molecule has 0 fully saturated rings. The van der Waals surface area contributed by atoms with E-state index < -0.39 is 0 Å². The topological polar surface area (TPSA) is 37.8 Å². The maximum absolute atomic E-state index is 13.9. The Balaban J connectivity index is 2.52. The van der Waals surface area contributed by atoms with Crippen LogP contribution in [0.1, 0.15) is 28.6 Å². The molecule has 0 aliphatic heterocycles. The van der Waals surface area contributed by atoms with Crippen molar-refractivity contribution in [2.75, 3.05) is 7.05 Å². The highest BCUT2D eigenvalue weighted by atomic mass is 19.1. The van der Waals surface area contributed by atoms with Gasteiger partial charge in [0.05, 0.1) is 17.4 Å². The Morgan fingerprint density at radius 3 is 2.50 bits per heavy atom. The van der Waals surface area contributed by atoms with Crippen molar-refractivity contribution in [2.45, 2.75) is 19.9 Å². The number of hydrogen-bond acceptors (Lipinski definition) is 3. The summed E-state index contributed by atoms with van der Waals surface area (Å²) < 4.78 is 13.9. The molecule has 0 amide bonds. The number of nitrogens with one attached hydrogen (secondary N) is 1. The van der Waals surface area contributed by atoms with Gasteiger partial charge in [-0.2, -0.15) is 10.2 Å². The predicted molar refractivity (Wildman–Crippen MR) is 68.8 cm³/mol. The molecule has 94 valence electrons. The number of aryl methyl sites for hydroxylation is 2. The summed E-state index contributed by atoms with van der Waals surface area (Å²) >= 11 is 0. The minimum Gasteiger partial charge on any atom is -0.309 e. The largest absolute Gasteiger partial charge is 0.309 e. The molecule has 0 aliphatic rings.